The van der Waals surface area contributed by atoms with Crippen LogP contribution in [0, 0.1) is 20.8 Å². The zero-order valence-corrected chi connectivity index (χ0v) is 17.7. The molecule has 2 heterocycles. The fourth-order valence-electron chi connectivity index (χ4n) is 3.46. The van der Waals surface area contributed by atoms with Gasteiger partial charge in [-0.1, -0.05) is 12.1 Å². The molecule has 0 spiro atoms. The van der Waals surface area contributed by atoms with E-state index in [1.807, 2.05) is 6.92 Å². The van der Waals surface area contributed by atoms with Gasteiger partial charge in [0.25, 0.3) is 0 Å². The first-order valence-corrected chi connectivity index (χ1v) is 10.2. The van der Waals surface area contributed by atoms with Crippen molar-refractivity contribution in [3.05, 3.63) is 45.8 Å². The van der Waals surface area contributed by atoms with E-state index in [2.05, 4.69) is 47.2 Å². The summed E-state index contributed by atoms with van der Waals surface area (Å²) in [6.45, 7) is 9.95. The lowest BCUT2D eigenvalue weighted by molar-refractivity contribution is -0.117. The van der Waals surface area contributed by atoms with Crippen LogP contribution in [0.1, 0.15) is 26.4 Å². The Bertz CT molecular complexity index is 870. The molecule has 1 aliphatic heterocycles. The SMILES string of the molecule is COC(=O)c1cc(C)sc1NC(=O)CN1CCN(c2cccc(C)c2C)CC1. The number of amides is 1. The maximum absolute atomic E-state index is 12.5. The molecule has 1 fully saturated rings. The van der Waals surface area contributed by atoms with Gasteiger partial charge in [-0.15, -0.1) is 11.3 Å². The third-order valence-corrected chi connectivity index (χ3v) is 6.14. The van der Waals surface area contributed by atoms with Gasteiger partial charge >= 0.3 is 5.97 Å². The van der Waals surface area contributed by atoms with Crippen LogP contribution < -0.4 is 10.2 Å². The highest BCUT2D eigenvalue weighted by molar-refractivity contribution is 7.16. The lowest BCUT2D eigenvalue weighted by Crippen LogP contribution is -2.48. The van der Waals surface area contributed by atoms with Crippen LogP contribution in [0.4, 0.5) is 10.7 Å². The number of nitrogens with zero attached hydrogens (tertiary/aromatic N) is 2. The van der Waals surface area contributed by atoms with Crippen molar-refractivity contribution < 1.29 is 14.3 Å². The fourth-order valence-corrected chi connectivity index (χ4v) is 4.38. The van der Waals surface area contributed by atoms with E-state index in [9.17, 15) is 9.59 Å². The monoisotopic (exact) mass is 401 g/mol. The molecule has 6 nitrogen and oxygen atoms in total. The van der Waals surface area contributed by atoms with Crippen LogP contribution in [-0.4, -0.2) is 56.6 Å². The van der Waals surface area contributed by atoms with Crippen LogP contribution in [0.2, 0.25) is 0 Å². The number of benzene rings is 1. The third kappa shape index (κ3) is 4.54. The number of aryl methyl sites for hydroxylation is 2. The van der Waals surface area contributed by atoms with Crippen LogP contribution in [0.15, 0.2) is 24.3 Å². The van der Waals surface area contributed by atoms with Crippen molar-refractivity contribution in [1.29, 1.82) is 0 Å². The van der Waals surface area contributed by atoms with Gasteiger partial charge in [0.2, 0.25) is 5.91 Å². The first kappa shape index (κ1) is 20.4. The van der Waals surface area contributed by atoms with Gasteiger partial charge in [-0.2, -0.15) is 0 Å². The summed E-state index contributed by atoms with van der Waals surface area (Å²) in [5.41, 5.74) is 4.31. The normalized spacial score (nSPS) is 14.8. The van der Waals surface area contributed by atoms with Crippen LogP contribution in [0.3, 0.4) is 0 Å². The van der Waals surface area contributed by atoms with Crippen LogP contribution in [-0.2, 0) is 9.53 Å². The number of rotatable bonds is 5. The number of thiophene rings is 1. The predicted octanol–water partition coefficient (Wildman–Crippen LogP) is 3.22. The topological polar surface area (TPSA) is 61.9 Å². The van der Waals surface area contributed by atoms with E-state index in [1.165, 1.54) is 35.3 Å². The van der Waals surface area contributed by atoms with Gasteiger partial charge in [0, 0.05) is 36.7 Å². The molecule has 1 aliphatic rings. The summed E-state index contributed by atoms with van der Waals surface area (Å²) >= 11 is 1.39. The molecule has 1 N–H and O–H groups in total. The Morgan fingerprint density at radius 1 is 1.14 bits per heavy atom. The maximum Gasteiger partial charge on any atom is 0.340 e. The van der Waals surface area contributed by atoms with Crippen LogP contribution in [0.5, 0.6) is 0 Å². The fraction of sp³-hybridized carbons (Fsp3) is 0.429. The first-order chi connectivity index (χ1) is 13.4. The molecule has 0 unspecified atom stereocenters. The summed E-state index contributed by atoms with van der Waals surface area (Å²) < 4.78 is 4.79. The molecule has 28 heavy (non-hydrogen) atoms. The standard InChI is InChI=1S/C21H27N3O3S/c1-14-6-5-7-18(16(14)3)24-10-8-23(9-11-24)13-19(25)22-20-17(21(26)27-4)12-15(2)28-20/h5-7,12H,8-11,13H2,1-4H3,(H,22,25). The third-order valence-electron chi connectivity index (χ3n) is 5.17. The first-order valence-electron chi connectivity index (χ1n) is 9.41. The van der Waals surface area contributed by atoms with Crippen molar-refractivity contribution in [2.24, 2.45) is 0 Å². The average Bonchev–Trinajstić information content (AvgIpc) is 3.04. The molecule has 1 amide bonds. The Kier molecular flexibility index (Phi) is 6.36. The lowest BCUT2D eigenvalue weighted by Gasteiger charge is -2.36. The molecule has 150 valence electrons. The summed E-state index contributed by atoms with van der Waals surface area (Å²) in [4.78, 5) is 29.8. The molecule has 3 rings (SSSR count). The molecule has 2 aromatic rings. The van der Waals surface area contributed by atoms with Crippen LogP contribution in [0.25, 0.3) is 0 Å². The molecule has 1 saturated heterocycles. The Balaban J connectivity index is 1.56. The minimum absolute atomic E-state index is 0.104. The highest BCUT2D eigenvalue weighted by Gasteiger charge is 2.22. The second-order valence-corrected chi connectivity index (χ2v) is 8.38. The molecule has 1 aromatic heterocycles. The molecular weight excluding hydrogens is 374 g/mol. The highest BCUT2D eigenvalue weighted by Crippen LogP contribution is 2.28. The number of ether oxygens (including phenoxy) is 1. The molecule has 7 heteroatoms. The Morgan fingerprint density at radius 2 is 1.86 bits per heavy atom. The second-order valence-electron chi connectivity index (χ2n) is 7.12. The van der Waals surface area contributed by atoms with Gasteiger partial charge < -0.3 is 15.0 Å². The number of carbonyl (C=O) groups excluding carboxylic acids is 2. The van der Waals surface area contributed by atoms with Crippen LogP contribution >= 0.6 is 11.3 Å². The molecule has 0 radical (unpaired) electrons. The predicted molar refractivity (Wildman–Crippen MR) is 114 cm³/mol. The number of carbonyl (C=O) groups is 2. The van der Waals surface area contributed by atoms with Gasteiger partial charge in [0.05, 0.1) is 19.2 Å². The van der Waals surface area contributed by atoms with E-state index in [-0.39, 0.29) is 5.91 Å². The molecule has 0 aliphatic carbocycles. The molecule has 0 bridgehead atoms. The second kappa shape index (κ2) is 8.75. The number of hydrogen-bond acceptors (Lipinski definition) is 6. The maximum atomic E-state index is 12.5. The quantitative estimate of drug-likeness (QED) is 0.780. The van der Waals surface area contributed by atoms with E-state index in [4.69, 9.17) is 4.74 Å². The van der Waals surface area contributed by atoms with Gasteiger partial charge in [0.15, 0.2) is 0 Å². The van der Waals surface area contributed by atoms with Crippen molar-refractivity contribution in [3.63, 3.8) is 0 Å². The number of esters is 1. The van der Waals surface area contributed by atoms with Crippen molar-refractivity contribution in [3.8, 4) is 0 Å². The van der Waals surface area contributed by atoms with Crippen molar-refractivity contribution in [1.82, 2.24) is 4.90 Å². The minimum atomic E-state index is -0.429. The van der Waals surface area contributed by atoms with E-state index in [1.54, 1.807) is 6.07 Å². The van der Waals surface area contributed by atoms with Gasteiger partial charge in [0.1, 0.15) is 5.00 Å². The number of piperazine rings is 1. The number of methoxy groups -OCH3 is 1. The highest BCUT2D eigenvalue weighted by atomic mass is 32.1. The summed E-state index contributed by atoms with van der Waals surface area (Å²) in [6.07, 6.45) is 0. The largest absolute Gasteiger partial charge is 0.465 e. The summed E-state index contributed by atoms with van der Waals surface area (Å²) in [5.74, 6) is -0.533. The van der Waals surface area contributed by atoms with E-state index >= 15 is 0 Å². The molecule has 1 aromatic carbocycles. The minimum Gasteiger partial charge on any atom is -0.465 e. The summed E-state index contributed by atoms with van der Waals surface area (Å²) in [7, 11) is 1.34. The number of anilines is 2. The smallest absolute Gasteiger partial charge is 0.340 e. The van der Waals surface area contributed by atoms with Crippen molar-refractivity contribution in [2.45, 2.75) is 20.8 Å². The Hall–Kier alpha value is -2.38. The van der Waals surface area contributed by atoms with Gasteiger partial charge in [-0.3, -0.25) is 9.69 Å². The Labute approximate surface area is 170 Å². The lowest BCUT2D eigenvalue weighted by atomic mass is 10.1. The van der Waals surface area contributed by atoms with E-state index in [0.29, 0.717) is 17.1 Å². The zero-order chi connectivity index (χ0) is 20.3. The summed E-state index contributed by atoms with van der Waals surface area (Å²) in [5, 5.41) is 3.44. The zero-order valence-electron chi connectivity index (χ0n) is 16.9. The summed E-state index contributed by atoms with van der Waals surface area (Å²) in [6, 6.07) is 8.14. The van der Waals surface area contributed by atoms with Gasteiger partial charge in [-0.05, 0) is 44.0 Å². The molecule has 0 atom stereocenters. The van der Waals surface area contributed by atoms with Gasteiger partial charge in [-0.25, -0.2) is 4.79 Å². The van der Waals surface area contributed by atoms with Crippen molar-refractivity contribution in [2.75, 3.05) is 50.1 Å². The average molecular weight is 402 g/mol. The van der Waals surface area contributed by atoms with Crippen molar-refractivity contribution >= 4 is 33.9 Å². The van der Waals surface area contributed by atoms with E-state index in [0.717, 1.165) is 31.1 Å². The number of nitrogens with one attached hydrogen (secondary N) is 1. The number of hydrogen-bond donors (Lipinski definition) is 1. The Morgan fingerprint density at radius 3 is 2.54 bits per heavy atom. The molecular formula is C21H27N3O3S. The molecule has 0 saturated carbocycles. The van der Waals surface area contributed by atoms with E-state index < -0.39 is 5.97 Å².